The maximum atomic E-state index is 11.8. The van der Waals surface area contributed by atoms with E-state index in [1.807, 2.05) is 0 Å². The second kappa shape index (κ2) is 5.49. The summed E-state index contributed by atoms with van der Waals surface area (Å²) in [5.41, 5.74) is 6.11. The number of benzene rings is 1. The number of amides is 3. The largest absolute Gasteiger partial charge is 0.326 e. The molecule has 1 aliphatic heterocycles. The molecular weight excluding hydrogens is 248 g/mol. The first-order valence-corrected chi connectivity index (χ1v) is 5.77. The van der Waals surface area contributed by atoms with E-state index < -0.39 is 6.04 Å². The summed E-state index contributed by atoms with van der Waals surface area (Å²) < 4.78 is 0. The standard InChI is InChI=1S/C12H14N4O3/c1-7(17)13-8-3-2-4-9(5-8)14-12(19)10-6-11(18)16-15-10/h2-5,10,15H,6H2,1H3,(H,13,17)(H,14,19)(H,16,18). The fourth-order valence-corrected chi connectivity index (χ4v) is 1.72. The molecule has 0 aliphatic carbocycles. The van der Waals surface area contributed by atoms with Crippen molar-refractivity contribution in [1.82, 2.24) is 10.9 Å². The van der Waals surface area contributed by atoms with Crippen molar-refractivity contribution in [2.24, 2.45) is 0 Å². The molecule has 1 unspecified atom stereocenters. The Balaban J connectivity index is 2.00. The van der Waals surface area contributed by atoms with Gasteiger partial charge in [0.1, 0.15) is 6.04 Å². The molecule has 100 valence electrons. The number of rotatable bonds is 3. The van der Waals surface area contributed by atoms with E-state index in [1.54, 1.807) is 24.3 Å². The second-order valence-electron chi connectivity index (χ2n) is 4.20. The van der Waals surface area contributed by atoms with Crippen molar-refractivity contribution in [2.45, 2.75) is 19.4 Å². The monoisotopic (exact) mass is 262 g/mol. The summed E-state index contributed by atoms with van der Waals surface area (Å²) in [6.45, 7) is 1.41. The summed E-state index contributed by atoms with van der Waals surface area (Å²) in [5.74, 6) is -0.707. The Bertz CT molecular complexity index is 529. The Morgan fingerprint density at radius 3 is 2.53 bits per heavy atom. The van der Waals surface area contributed by atoms with Gasteiger partial charge in [0.15, 0.2) is 0 Å². The minimum atomic E-state index is -0.586. The SMILES string of the molecule is CC(=O)Nc1cccc(NC(=O)C2CC(=O)NN2)c1. The van der Waals surface area contributed by atoms with Crippen molar-refractivity contribution in [2.75, 3.05) is 10.6 Å². The van der Waals surface area contributed by atoms with Crippen LogP contribution in [-0.2, 0) is 14.4 Å². The summed E-state index contributed by atoms with van der Waals surface area (Å²) in [6.07, 6.45) is 0.108. The van der Waals surface area contributed by atoms with E-state index in [2.05, 4.69) is 21.5 Å². The average Bonchev–Trinajstić information content (AvgIpc) is 2.75. The van der Waals surface area contributed by atoms with Gasteiger partial charge in [-0.1, -0.05) is 6.07 Å². The third-order valence-electron chi connectivity index (χ3n) is 2.54. The van der Waals surface area contributed by atoms with Gasteiger partial charge in [0.25, 0.3) is 0 Å². The molecule has 7 nitrogen and oxygen atoms in total. The third kappa shape index (κ3) is 3.52. The van der Waals surface area contributed by atoms with Crippen molar-refractivity contribution in [3.05, 3.63) is 24.3 Å². The molecule has 1 fully saturated rings. The van der Waals surface area contributed by atoms with Crippen LogP contribution < -0.4 is 21.5 Å². The molecule has 0 aromatic heterocycles. The molecule has 0 spiro atoms. The first-order chi connectivity index (χ1) is 9.04. The Kier molecular flexibility index (Phi) is 3.76. The van der Waals surface area contributed by atoms with E-state index in [-0.39, 0.29) is 24.1 Å². The first kappa shape index (κ1) is 13.0. The lowest BCUT2D eigenvalue weighted by molar-refractivity contribution is -0.121. The van der Waals surface area contributed by atoms with Crippen molar-refractivity contribution in [1.29, 1.82) is 0 Å². The molecule has 1 aromatic rings. The maximum absolute atomic E-state index is 11.8. The Morgan fingerprint density at radius 2 is 1.95 bits per heavy atom. The minimum Gasteiger partial charge on any atom is -0.326 e. The smallest absolute Gasteiger partial charge is 0.243 e. The first-order valence-electron chi connectivity index (χ1n) is 5.77. The van der Waals surface area contributed by atoms with Gasteiger partial charge in [-0.3, -0.25) is 19.8 Å². The molecule has 1 aromatic carbocycles. The average molecular weight is 262 g/mol. The molecule has 0 radical (unpaired) electrons. The summed E-state index contributed by atoms with van der Waals surface area (Å²) in [6, 6.07) is 6.19. The minimum absolute atomic E-state index is 0.108. The van der Waals surface area contributed by atoms with Crippen LogP contribution in [0.1, 0.15) is 13.3 Å². The van der Waals surface area contributed by atoms with E-state index in [9.17, 15) is 14.4 Å². The third-order valence-corrected chi connectivity index (χ3v) is 2.54. The lowest BCUT2D eigenvalue weighted by Gasteiger charge is -2.11. The quantitative estimate of drug-likeness (QED) is 0.615. The van der Waals surface area contributed by atoms with Gasteiger partial charge in [-0.25, -0.2) is 5.43 Å². The lowest BCUT2D eigenvalue weighted by atomic mass is 10.2. The van der Waals surface area contributed by atoms with Crippen LogP contribution in [0.2, 0.25) is 0 Å². The van der Waals surface area contributed by atoms with E-state index in [0.29, 0.717) is 11.4 Å². The van der Waals surface area contributed by atoms with Gasteiger partial charge in [0.05, 0.1) is 6.42 Å². The molecule has 19 heavy (non-hydrogen) atoms. The summed E-state index contributed by atoms with van der Waals surface area (Å²) >= 11 is 0. The van der Waals surface area contributed by atoms with Gasteiger partial charge < -0.3 is 10.6 Å². The molecule has 2 rings (SSSR count). The molecule has 1 atom stereocenters. The lowest BCUT2D eigenvalue weighted by Crippen LogP contribution is -2.39. The van der Waals surface area contributed by atoms with Crippen molar-refractivity contribution < 1.29 is 14.4 Å². The molecule has 3 amide bonds. The van der Waals surface area contributed by atoms with Crippen LogP contribution in [-0.4, -0.2) is 23.8 Å². The highest BCUT2D eigenvalue weighted by Crippen LogP contribution is 2.15. The second-order valence-corrected chi connectivity index (χ2v) is 4.20. The summed E-state index contributed by atoms with van der Waals surface area (Å²) in [5, 5.41) is 5.30. The maximum Gasteiger partial charge on any atom is 0.243 e. The summed E-state index contributed by atoms with van der Waals surface area (Å²) in [4.78, 5) is 33.8. The topological polar surface area (TPSA) is 99.3 Å². The number of nitrogens with one attached hydrogen (secondary N) is 4. The molecule has 1 heterocycles. The Hall–Kier alpha value is -2.41. The van der Waals surface area contributed by atoms with E-state index in [4.69, 9.17) is 0 Å². The predicted molar refractivity (Wildman–Crippen MR) is 69.1 cm³/mol. The zero-order valence-corrected chi connectivity index (χ0v) is 10.3. The fraction of sp³-hybridized carbons (Fsp3) is 0.250. The number of carbonyl (C=O) groups is 3. The van der Waals surface area contributed by atoms with Crippen molar-refractivity contribution in [3.8, 4) is 0 Å². The van der Waals surface area contributed by atoms with E-state index in [1.165, 1.54) is 6.92 Å². The van der Waals surface area contributed by atoms with E-state index in [0.717, 1.165) is 0 Å². The number of anilines is 2. The normalized spacial score (nSPS) is 17.7. The highest BCUT2D eigenvalue weighted by atomic mass is 16.2. The molecule has 1 aliphatic rings. The van der Waals surface area contributed by atoms with Crippen LogP contribution in [0.15, 0.2) is 24.3 Å². The Labute approximate surface area is 109 Å². The molecule has 0 bridgehead atoms. The van der Waals surface area contributed by atoms with Gasteiger partial charge in [-0.2, -0.15) is 0 Å². The van der Waals surface area contributed by atoms with Gasteiger partial charge in [0.2, 0.25) is 17.7 Å². The number of carbonyl (C=O) groups excluding carboxylic acids is 3. The highest BCUT2D eigenvalue weighted by Gasteiger charge is 2.27. The number of hydrogen-bond donors (Lipinski definition) is 4. The molecule has 1 saturated heterocycles. The molecular formula is C12H14N4O3. The van der Waals surface area contributed by atoms with Crippen LogP contribution in [0, 0.1) is 0 Å². The van der Waals surface area contributed by atoms with Gasteiger partial charge in [-0.05, 0) is 18.2 Å². The van der Waals surface area contributed by atoms with Crippen LogP contribution in [0.5, 0.6) is 0 Å². The van der Waals surface area contributed by atoms with Crippen LogP contribution >= 0.6 is 0 Å². The van der Waals surface area contributed by atoms with Gasteiger partial charge >= 0.3 is 0 Å². The predicted octanol–water partition coefficient (Wildman–Crippen LogP) is -0.0234. The Morgan fingerprint density at radius 1 is 1.26 bits per heavy atom. The molecule has 4 N–H and O–H groups in total. The fourth-order valence-electron chi connectivity index (χ4n) is 1.72. The van der Waals surface area contributed by atoms with Crippen molar-refractivity contribution >= 4 is 29.1 Å². The highest BCUT2D eigenvalue weighted by molar-refractivity contribution is 5.99. The van der Waals surface area contributed by atoms with Crippen LogP contribution in [0.3, 0.4) is 0 Å². The summed E-state index contributed by atoms with van der Waals surface area (Å²) in [7, 11) is 0. The van der Waals surface area contributed by atoms with Gasteiger partial charge in [0, 0.05) is 18.3 Å². The van der Waals surface area contributed by atoms with Crippen molar-refractivity contribution in [3.63, 3.8) is 0 Å². The number of hydrogen-bond acceptors (Lipinski definition) is 4. The molecule has 0 saturated carbocycles. The van der Waals surface area contributed by atoms with Crippen LogP contribution in [0.4, 0.5) is 11.4 Å². The number of hydrazine groups is 1. The zero-order valence-electron chi connectivity index (χ0n) is 10.3. The van der Waals surface area contributed by atoms with Gasteiger partial charge in [-0.15, -0.1) is 0 Å². The van der Waals surface area contributed by atoms with Crippen LogP contribution in [0.25, 0.3) is 0 Å². The zero-order chi connectivity index (χ0) is 13.8. The molecule has 7 heteroatoms. The van der Waals surface area contributed by atoms with E-state index >= 15 is 0 Å².